The lowest BCUT2D eigenvalue weighted by atomic mass is 10.3. The third-order valence-corrected chi connectivity index (χ3v) is 4.92. The smallest absolute Gasteiger partial charge is 0.319 e. The van der Waals surface area contributed by atoms with E-state index in [0.29, 0.717) is 27.5 Å². The number of anilines is 1. The summed E-state index contributed by atoms with van der Waals surface area (Å²) in [5.74, 6) is 0.864. The predicted octanol–water partition coefficient (Wildman–Crippen LogP) is 3.85. The van der Waals surface area contributed by atoms with Gasteiger partial charge in [0, 0.05) is 16.0 Å². The second kappa shape index (κ2) is 8.14. The molecule has 0 bridgehead atoms. The lowest BCUT2D eigenvalue weighted by Crippen LogP contribution is -2.33. The third-order valence-electron chi connectivity index (χ3n) is 3.31. The van der Waals surface area contributed by atoms with Crippen molar-refractivity contribution < 1.29 is 4.79 Å². The zero-order valence-electron chi connectivity index (χ0n) is 13.3. The molecule has 3 rings (SSSR count). The van der Waals surface area contributed by atoms with Gasteiger partial charge in [0.05, 0.1) is 21.8 Å². The van der Waals surface area contributed by atoms with E-state index in [9.17, 15) is 4.79 Å². The van der Waals surface area contributed by atoms with E-state index in [1.807, 2.05) is 0 Å². The van der Waals surface area contributed by atoms with Gasteiger partial charge in [0.15, 0.2) is 5.82 Å². The minimum Gasteiger partial charge on any atom is -0.328 e. The van der Waals surface area contributed by atoms with Gasteiger partial charge in [-0.05, 0) is 47.7 Å². The van der Waals surface area contributed by atoms with Crippen molar-refractivity contribution in [3.8, 4) is 5.95 Å². The largest absolute Gasteiger partial charge is 0.328 e. The van der Waals surface area contributed by atoms with Crippen LogP contribution in [-0.2, 0) is 0 Å². The molecule has 1 unspecified atom stereocenters. The van der Waals surface area contributed by atoms with E-state index in [2.05, 4.69) is 53.3 Å². The van der Waals surface area contributed by atoms with Crippen LogP contribution in [-0.4, -0.2) is 30.8 Å². The molecule has 0 saturated carbocycles. The molecule has 2 amide bonds. The molecule has 2 aromatic heterocycles. The molecular formula is C15H12Cl2IN7O. The summed E-state index contributed by atoms with van der Waals surface area (Å²) in [6.45, 7) is 1.78. The molecule has 2 heterocycles. The summed E-state index contributed by atoms with van der Waals surface area (Å²) in [6.07, 6.45) is 4.58. The van der Waals surface area contributed by atoms with Crippen LogP contribution in [0.3, 0.4) is 0 Å². The number of aromatic nitrogens is 5. The average molecular weight is 504 g/mol. The Hall–Kier alpha value is -1.98. The maximum atomic E-state index is 12.3. The molecule has 0 spiro atoms. The summed E-state index contributed by atoms with van der Waals surface area (Å²) in [5.41, 5.74) is 0.553. The highest BCUT2D eigenvalue weighted by molar-refractivity contribution is 14.1. The fourth-order valence-electron chi connectivity index (χ4n) is 2.14. The first kappa shape index (κ1) is 18.8. The van der Waals surface area contributed by atoms with Crippen molar-refractivity contribution in [1.82, 2.24) is 30.0 Å². The summed E-state index contributed by atoms with van der Waals surface area (Å²) in [6, 6.07) is 4.11. The number of hydrogen-bond donors (Lipinski definition) is 2. The van der Waals surface area contributed by atoms with E-state index in [0.717, 1.165) is 3.57 Å². The van der Waals surface area contributed by atoms with Crippen LogP contribution in [0.25, 0.3) is 5.95 Å². The Morgan fingerprint density at radius 3 is 2.62 bits per heavy atom. The SMILES string of the molecule is CC(NC(=O)Nc1cc(Cl)c(Cl)cc1I)c1ncnn1-c1ncccn1. The van der Waals surface area contributed by atoms with Crippen molar-refractivity contribution in [3.05, 3.63) is 56.4 Å². The van der Waals surface area contributed by atoms with Gasteiger partial charge in [0.1, 0.15) is 6.33 Å². The van der Waals surface area contributed by atoms with Crippen LogP contribution in [0, 0.1) is 3.57 Å². The fraction of sp³-hybridized carbons (Fsp3) is 0.133. The van der Waals surface area contributed by atoms with E-state index in [-0.39, 0.29) is 0 Å². The van der Waals surface area contributed by atoms with Gasteiger partial charge in [-0.3, -0.25) is 0 Å². The molecule has 11 heteroatoms. The Morgan fingerprint density at radius 1 is 1.19 bits per heavy atom. The van der Waals surface area contributed by atoms with E-state index in [1.54, 1.807) is 37.5 Å². The number of rotatable bonds is 4. The maximum absolute atomic E-state index is 12.3. The Balaban J connectivity index is 1.73. The minimum absolute atomic E-state index is 0.358. The highest BCUT2D eigenvalue weighted by Crippen LogP contribution is 2.30. The highest BCUT2D eigenvalue weighted by Gasteiger charge is 2.18. The van der Waals surface area contributed by atoms with Crippen molar-refractivity contribution >= 4 is 57.5 Å². The van der Waals surface area contributed by atoms with Gasteiger partial charge >= 0.3 is 6.03 Å². The molecule has 0 aliphatic rings. The van der Waals surface area contributed by atoms with Crippen molar-refractivity contribution in [2.75, 3.05) is 5.32 Å². The van der Waals surface area contributed by atoms with Gasteiger partial charge in [-0.1, -0.05) is 23.2 Å². The number of benzene rings is 1. The Morgan fingerprint density at radius 2 is 1.88 bits per heavy atom. The number of amides is 2. The third kappa shape index (κ3) is 4.22. The number of hydrogen-bond acceptors (Lipinski definition) is 5. The molecule has 2 N–H and O–H groups in total. The van der Waals surface area contributed by atoms with Gasteiger partial charge in [-0.25, -0.2) is 19.7 Å². The standard InChI is InChI=1S/C15H12Cl2IN7O/c1-8(13-21-7-22-25(13)14-19-3-2-4-20-14)23-15(26)24-12-6-10(17)9(16)5-11(12)18/h2-8H,1H3,(H2,23,24,26). The molecule has 1 aromatic carbocycles. The van der Waals surface area contributed by atoms with Crippen molar-refractivity contribution in [1.29, 1.82) is 0 Å². The molecule has 134 valence electrons. The van der Waals surface area contributed by atoms with Gasteiger partial charge in [-0.15, -0.1) is 0 Å². The first-order valence-corrected chi connectivity index (χ1v) is 9.18. The van der Waals surface area contributed by atoms with Gasteiger partial charge in [-0.2, -0.15) is 9.78 Å². The van der Waals surface area contributed by atoms with Crippen LogP contribution >= 0.6 is 45.8 Å². The maximum Gasteiger partial charge on any atom is 0.319 e. The lowest BCUT2D eigenvalue weighted by molar-refractivity contribution is 0.248. The van der Waals surface area contributed by atoms with Crippen LogP contribution < -0.4 is 10.6 Å². The summed E-state index contributed by atoms with van der Waals surface area (Å²) in [4.78, 5) is 24.8. The van der Waals surface area contributed by atoms with Crippen molar-refractivity contribution in [3.63, 3.8) is 0 Å². The first-order chi connectivity index (χ1) is 12.5. The van der Waals surface area contributed by atoms with Crippen LogP contribution in [0.1, 0.15) is 18.8 Å². The highest BCUT2D eigenvalue weighted by atomic mass is 127. The zero-order valence-corrected chi connectivity index (χ0v) is 17.0. The van der Waals surface area contributed by atoms with Crippen LogP contribution in [0.4, 0.5) is 10.5 Å². The predicted molar refractivity (Wildman–Crippen MR) is 107 cm³/mol. The number of carbonyl (C=O) groups excluding carboxylic acids is 1. The number of halogens is 3. The van der Waals surface area contributed by atoms with Gasteiger partial charge in [0.2, 0.25) is 0 Å². The second-order valence-electron chi connectivity index (χ2n) is 5.15. The molecule has 3 aromatic rings. The summed E-state index contributed by atoms with van der Waals surface area (Å²) >= 11 is 14.0. The Kier molecular flexibility index (Phi) is 5.89. The normalized spacial score (nSPS) is 11.8. The number of urea groups is 1. The molecule has 0 radical (unpaired) electrons. The Labute approximate surface area is 172 Å². The van der Waals surface area contributed by atoms with Crippen molar-refractivity contribution in [2.45, 2.75) is 13.0 Å². The zero-order chi connectivity index (χ0) is 18.7. The molecule has 1 atom stereocenters. The summed E-state index contributed by atoms with van der Waals surface area (Å²) < 4.78 is 2.23. The number of nitrogens with one attached hydrogen (secondary N) is 2. The van der Waals surface area contributed by atoms with E-state index >= 15 is 0 Å². The second-order valence-corrected chi connectivity index (χ2v) is 7.12. The lowest BCUT2D eigenvalue weighted by Gasteiger charge is -2.15. The molecule has 0 aliphatic heterocycles. The van der Waals surface area contributed by atoms with Gasteiger partial charge in [0.25, 0.3) is 5.95 Å². The average Bonchev–Trinajstić information content (AvgIpc) is 3.10. The van der Waals surface area contributed by atoms with E-state index in [4.69, 9.17) is 23.2 Å². The Bertz CT molecular complexity index is 935. The monoisotopic (exact) mass is 503 g/mol. The quantitative estimate of drug-likeness (QED) is 0.416. The van der Waals surface area contributed by atoms with E-state index in [1.165, 1.54) is 11.0 Å². The van der Waals surface area contributed by atoms with Crippen molar-refractivity contribution in [2.24, 2.45) is 0 Å². The van der Waals surface area contributed by atoms with E-state index < -0.39 is 12.1 Å². The molecule has 0 saturated heterocycles. The number of nitrogens with zero attached hydrogens (tertiary/aromatic N) is 5. The molecule has 8 nitrogen and oxygen atoms in total. The van der Waals surface area contributed by atoms with Gasteiger partial charge < -0.3 is 10.6 Å². The molecular weight excluding hydrogens is 492 g/mol. The molecule has 0 fully saturated rings. The summed E-state index contributed by atoms with van der Waals surface area (Å²) in [7, 11) is 0. The van der Waals surface area contributed by atoms with Crippen LogP contribution in [0.15, 0.2) is 36.9 Å². The van der Waals surface area contributed by atoms with Crippen LogP contribution in [0.5, 0.6) is 0 Å². The molecule has 26 heavy (non-hydrogen) atoms. The minimum atomic E-state index is -0.443. The molecule has 0 aliphatic carbocycles. The van der Waals surface area contributed by atoms with Crippen LogP contribution in [0.2, 0.25) is 10.0 Å². The summed E-state index contributed by atoms with van der Waals surface area (Å²) in [5, 5.41) is 10.4. The fourth-order valence-corrected chi connectivity index (χ4v) is 3.25. The topological polar surface area (TPSA) is 97.6 Å². The number of carbonyl (C=O) groups is 1. The first-order valence-electron chi connectivity index (χ1n) is 7.35.